The van der Waals surface area contributed by atoms with Gasteiger partial charge < -0.3 is 10.1 Å². The minimum Gasteiger partial charge on any atom is -0.381 e. The van der Waals surface area contributed by atoms with E-state index in [0.29, 0.717) is 53.1 Å². The van der Waals surface area contributed by atoms with Crippen molar-refractivity contribution in [2.24, 2.45) is 11.8 Å². The van der Waals surface area contributed by atoms with Gasteiger partial charge in [-0.1, -0.05) is 11.6 Å². The van der Waals surface area contributed by atoms with Gasteiger partial charge in [0.05, 0.1) is 28.4 Å². The first-order valence-electron chi connectivity index (χ1n) is 12.7. The minimum absolute atomic E-state index is 0.00410. The van der Waals surface area contributed by atoms with E-state index in [1.807, 2.05) is 0 Å². The van der Waals surface area contributed by atoms with Gasteiger partial charge in [0.15, 0.2) is 0 Å². The number of Topliss-reactive ketones (excluding diaryl/α,β-unsaturated/α-hetero) is 1. The maximum Gasteiger partial charge on any atom is 0.217 e. The third kappa shape index (κ3) is 6.04. The normalized spacial score (nSPS) is 21.9. The highest BCUT2D eigenvalue weighted by Gasteiger charge is 2.42. The van der Waals surface area contributed by atoms with Crippen LogP contribution in [-0.2, 0) is 26.0 Å². The molecule has 1 atom stereocenters. The summed E-state index contributed by atoms with van der Waals surface area (Å²) in [7, 11) is -3.27. The van der Waals surface area contributed by atoms with E-state index in [2.05, 4.69) is 20.3 Å². The van der Waals surface area contributed by atoms with Crippen molar-refractivity contribution in [2.75, 3.05) is 38.2 Å². The molecule has 2 aromatic rings. The van der Waals surface area contributed by atoms with Crippen LogP contribution in [0.3, 0.4) is 0 Å². The van der Waals surface area contributed by atoms with Crippen molar-refractivity contribution in [2.45, 2.75) is 50.2 Å². The quantitative estimate of drug-likeness (QED) is 0.522. The SMILES string of the molecule is O=C(Cc1cc(-c2cncc(NCC3CCOCC3)n2)c(Cl)cn1)[C@H]1CCCN(S(=O)(=O)C2CC2)C1. The van der Waals surface area contributed by atoms with E-state index in [1.165, 1.54) is 10.5 Å². The number of sulfonamides is 1. The molecule has 4 heterocycles. The van der Waals surface area contributed by atoms with Gasteiger partial charge in [-0.3, -0.25) is 14.8 Å². The summed E-state index contributed by atoms with van der Waals surface area (Å²) in [5, 5.41) is 3.54. The zero-order valence-corrected chi connectivity index (χ0v) is 21.8. The smallest absolute Gasteiger partial charge is 0.217 e. The Kier molecular flexibility index (Phi) is 7.85. The van der Waals surface area contributed by atoms with Crippen molar-refractivity contribution in [1.82, 2.24) is 19.3 Å². The summed E-state index contributed by atoms with van der Waals surface area (Å²) in [5.74, 6) is 0.903. The Morgan fingerprint density at radius 3 is 2.72 bits per heavy atom. The molecule has 0 radical (unpaired) electrons. The molecule has 3 fully saturated rings. The number of rotatable bonds is 9. The second kappa shape index (κ2) is 11.1. The lowest BCUT2D eigenvalue weighted by Crippen LogP contribution is -2.44. The first kappa shape index (κ1) is 25.5. The number of carbonyl (C=O) groups is 1. The average molecular weight is 534 g/mol. The molecular formula is C25H32ClN5O4S. The van der Waals surface area contributed by atoms with Gasteiger partial charge in [-0.15, -0.1) is 0 Å². The summed E-state index contributed by atoms with van der Waals surface area (Å²) in [6, 6.07) is 1.79. The van der Waals surface area contributed by atoms with Crippen LogP contribution in [0, 0.1) is 11.8 Å². The van der Waals surface area contributed by atoms with Gasteiger partial charge in [-0.05, 0) is 50.5 Å². The molecule has 0 unspecified atom stereocenters. The molecule has 5 rings (SSSR count). The number of carbonyl (C=O) groups excluding carboxylic acids is 1. The standard InChI is InChI=1S/C25H32ClN5O4S/c26-22-13-28-19(11-24(32)18-2-1-7-31(16-18)36(33,34)20-3-4-20)10-21(22)23-14-27-15-25(30-23)29-12-17-5-8-35-9-6-17/h10,13-15,17-18,20H,1-9,11-12,16H2,(H,29,30)/t18-/m0/s1. The Morgan fingerprint density at radius 2 is 1.94 bits per heavy atom. The molecule has 9 nitrogen and oxygen atoms in total. The zero-order chi connectivity index (χ0) is 25.1. The summed E-state index contributed by atoms with van der Waals surface area (Å²) in [6.07, 6.45) is 9.90. The number of nitrogens with zero attached hydrogens (tertiary/aromatic N) is 4. The second-order valence-electron chi connectivity index (χ2n) is 9.97. The summed E-state index contributed by atoms with van der Waals surface area (Å²) < 4.78 is 32.2. The number of hydrogen-bond acceptors (Lipinski definition) is 8. The fraction of sp³-hybridized carbons (Fsp3) is 0.600. The van der Waals surface area contributed by atoms with E-state index in [0.717, 1.165) is 45.4 Å². The lowest BCUT2D eigenvalue weighted by atomic mass is 9.92. The molecule has 194 valence electrons. The molecule has 0 spiro atoms. The monoisotopic (exact) mass is 533 g/mol. The summed E-state index contributed by atoms with van der Waals surface area (Å²) in [4.78, 5) is 26.5. The van der Waals surface area contributed by atoms with Crippen LogP contribution in [0.2, 0.25) is 5.02 Å². The number of nitrogens with one attached hydrogen (secondary N) is 1. The summed E-state index contributed by atoms with van der Waals surface area (Å²) >= 11 is 6.45. The van der Waals surface area contributed by atoms with Crippen LogP contribution in [-0.4, -0.2) is 71.6 Å². The van der Waals surface area contributed by atoms with Crippen molar-refractivity contribution in [3.05, 3.63) is 35.4 Å². The van der Waals surface area contributed by atoms with E-state index < -0.39 is 10.0 Å². The second-order valence-corrected chi connectivity index (χ2v) is 12.6. The van der Waals surface area contributed by atoms with Crippen molar-refractivity contribution in [3.63, 3.8) is 0 Å². The van der Waals surface area contributed by atoms with Gasteiger partial charge >= 0.3 is 0 Å². The molecule has 2 saturated heterocycles. The van der Waals surface area contributed by atoms with Gasteiger partial charge in [-0.25, -0.2) is 17.7 Å². The molecule has 11 heteroatoms. The lowest BCUT2D eigenvalue weighted by molar-refractivity contribution is -0.123. The van der Waals surface area contributed by atoms with Crippen molar-refractivity contribution < 1.29 is 17.9 Å². The van der Waals surface area contributed by atoms with Crippen LogP contribution in [0.1, 0.15) is 44.2 Å². The predicted molar refractivity (Wildman–Crippen MR) is 137 cm³/mol. The first-order chi connectivity index (χ1) is 17.4. The third-order valence-electron chi connectivity index (χ3n) is 7.24. The molecular weight excluding hydrogens is 502 g/mol. The van der Waals surface area contributed by atoms with Crippen LogP contribution in [0.4, 0.5) is 5.82 Å². The lowest BCUT2D eigenvalue weighted by Gasteiger charge is -2.31. The maximum atomic E-state index is 13.1. The molecule has 0 amide bonds. The van der Waals surface area contributed by atoms with E-state index in [4.69, 9.17) is 16.3 Å². The number of anilines is 1. The van der Waals surface area contributed by atoms with Gasteiger partial charge in [0, 0.05) is 62.6 Å². The Bertz CT molecular complexity index is 1200. The van der Waals surface area contributed by atoms with Gasteiger partial charge in [0.25, 0.3) is 0 Å². The van der Waals surface area contributed by atoms with Gasteiger partial charge in [0.1, 0.15) is 11.6 Å². The molecule has 1 saturated carbocycles. The van der Waals surface area contributed by atoms with E-state index in [9.17, 15) is 13.2 Å². The van der Waals surface area contributed by atoms with Gasteiger partial charge in [0.2, 0.25) is 10.0 Å². The fourth-order valence-corrected chi connectivity index (χ4v) is 7.02. The summed E-state index contributed by atoms with van der Waals surface area (Å²) in [5.41, 5.74) is 1.86. The Morgan fingerprint density at radius 1 is 1.14 bits per heavy atom. The van der Waals surface area contributed by atoms with Crippen LogP contribution >= 0.6 is 11.6 Å². The number of piperidine rings is 1. The zero-order valence-electron chi connectivity index (χ0n) is 20.2. The minimum atomic E-state index is -3.27. The van der Waals surface area contributed by atoms with Crippen LogP contribution in [0.5, 0.6) is 0 Å². The number of ketones is 1. The molecule has 2 aromatic heterocycles. The predicted octanol–water partition coefficient (Wildman–Crippen LogP) is 3.35. The Balaban J connectivity index is 1.25. The highest BCUT2D eigenvalue weighted by molar-refractivity contribution is 7.90. The molecule has 3 aliphatic rings. The molecule has 0 bridgehead atoms. The Hall–Kier alpha value is -2.14. The number of ether oxygens (including phenoxy) is 1. The largest absolute Gasteiger partial charge is 0.381 e. The number of pyridine rings is 1. The van der Waals surface area contributed by atoms with E-state index >= 15 is 0 Å². The fourth-order valence-electron chi connectivity index (χ4n) is 4.89. The summed E-state index contributed by atoms with van der Waals surface area (Å²) in [6.45, 7) is 3.16. The molecule has 2 aliphatic heterocycles. The third-order valence-corrected chi connectivity index (χ3v) is 9.90. The molecule has 0 aromatic carbocycles. The molecule has 1 N–H and O–H groups in total. The molecule has 36 heavy (non-hydrogen) atoms. The van der Waals surface area contributed by atoms with Crippen LogP contribution in [0.25, 0.3) is 11.3 Å². The van der Waals surface area contributed by atoms with E-state index in [-0.39, 0.29) is 29.9 Å². The van der Waals surface area contributed by atoms with Crippen molar-refractivity contribution in [1.29, 1.82) is 0 Å². The Labute approximate surface area is 217 Å². The maximum absolute atomic E-state index is 13.1. The number of hydrogen-bond donors (Lipinski definition) is 1. The molecule has 1 aliphatic carbocycles. The first-order valence-corrected chi connectivity index (χ1v) is 14.6. The van der Waals surface area contributed by atoms with Crippen molar-refractivity contribution in [3.8, 4) is 11.3 Å². The average Bonchev–Trinajstić information content (AvgIpc) is 3.76. The topological polar surface area (TPSA) is 114 Å². The number of halogens is 1. The highest BCUT2D eigenvalue weighted by atomic mass is 35.5. The highest BCUT2D eigenvalue weighted by Crippen LogP contribution is 2.34. The van der Waals surface area contributed by atoms with Crippen molar-refractivity contribution >= 4 is 33.2 Å². The van der Waals surface area contributed by atoms with Gasteiger partial charge in [-0.2, -0.15) is 0 Å². The number of aromatic nitrogens is 3. The van der Waals surface area contributed by atoms with E-state index in [1.54, 1.807) is 18.5 Å². The van der Waals surface area contributed by atoms with Crippen LogP contribution in [0.15, 0.2) is 24.7 Å². The van der Waals surface area contributed by atoms with Crippen LogP contribution < -0.4 is 5.32 Å².